The fourth-order valence-corrected chi connectivity index (χ4v) is 2.36. The summed E-state index contributed by atoms with van der Waals surface area (Å²) >= 11 is 0. The van der Waals surface area contributed by atoms with Gasteiger partial charge in [-0.2, -0.15) is 0 Å². The van der Waals surface area contributed by atoms with E-state index >= 15 is 0 Å². The first-order valence-corrected chi connectivity index (χ1v) is 7.68. The Balaban J connectivity index is 2.24. The molecular formula is C11H24N2O2S. The van der Waals surface area contributed by atoms with Crippen molar-refractivity contribution in [2.75, 3.05) is 13.1 Å². The molecule has 16 heavy (non-hydrogen) atoms. The Hall–Kier alpha value is -0.130. The number of rotatable bonds is 8. The van der Waals surface area contributed by atoms with Crippen molar-refractivity contribution in [3.63, 3.8) is 0 Å². The fourth-order valence-electron chi connectivity index (χ4n) is 1.36. The largest absolute Gasteiger partial charge is 0.313 e. The van der Waals surface area contributed by atoms with E-state index in [1.165, 1.54) is 12.8 Å². The van der Waals surface area contributed by atoms with Gasteiger partial charge in [0, 0.05) is 19.1 Å². The summed E-state index contributed by atoms with van der Waals surface area (Å²) in [5.74, 6) is 0.530. The smallest absolute Gasteiger partial charge is 0.215 e. The maximum Gasteiger partial charge on any atom is 0.215 e. The van der Waals surface area contributed by atoms with Crippen LogP contribution >= 0.6 is 0 Å². The minimum atomic E-state index is -3.14. The molecule has 0 heterocycles. The van der Waals surface area contributed by atoms with Crippen LogP contribution in [0.3, 0.4) is 0 Å². The van der Waals surface area contributed by atoms with Gasteiger partial charge in [-0.3, -0.25) is 0 Å². The zero-order valence-electron chi connectivity index (χ0n) is 10.5. The number of hydrogen-bond acceptors (Lipinski definition) is 3. The van der Waals surface area contributed by atoms with E-state index in [0.717, 1.165) is 6.42 Å². The van der Waals surface area contributed by atoms with Crippen molar-refractivity contribution >= 4 is 10.0 Å². The van der Waals surface area contributed by atoms with E-state index in [1.807, 2.05) is 0 Å². The molecule has 0 radical (unpaired) electrons. The van der Waals surface area contributed by atoms with Crippen LogP contribution in [-0.2, 0) is 10.0 Å². The highest BCUT2D eigenvalue weighted by Gasteiger charge is 2.25. The summed E-state index contributed by atoms with van der Waals surface area (Å²) in [5, 5.41) is 2.90. The third kappa shape index (κ3) is 5.27. The fraction of sp³-hybridized carbons (Fsp3) is 1.00. The van der Waals surface area contributed by atoms with Crippen molar-refractivity contribution < 1.29 is 8.42 Å². The molecule has 0 amide bonds. The number of sulfonamides is 1. The van der Waals surface area contributed by atoms with Crippen molar-refractivity contribution in [2.45, 2.75) is 51.3 Å². The molecule has 0 saturated heterocycles. The van der Waals surface area contributed by atoms with Gasteiger partial charge in [-0.15, -0.1) is 0 Å². The zero-order chi connectivity index (χ0) is 12.2. The Morgan fingerprint density at radius 2 is 1.88 bits per heavy atom. The lowest BCUT2D eigenvalue weighted by atomic mass is 10.1. The van der Waals surface area contributed by atoms with Crippen molar-refractivity contribution in [1.82, 2.24) is 10.0 Å². The third-order valence-electron chi connectivity index (χ3n) is 2.83. The molecule has 1 unspecified atom stereocenters. The molecule has 1 rings (SSSR count). The standard InChI is InChI=1S/C11H24N2O2S/c1-9(2)6-7-13-16(14,15)10(3)8-12-11-4-5-11/h9-13H,4-8H2,1-3H3. The summed E-state index contributed by atoms with van der Waals surface area (Å²) in [6.07, 6.45) is 3.27. The molecule has 0 aromatic carbocycles. The maximum absolute atomic E-state index is 11.8. The lowest BCUT2D eigenvalue weighted by molar-refractivity contribution is 0.537. The van der Waals surface area contributed by atoms with Gasteiger partial charge in [0.05, 0.1) is 5.25 Å². The average Bonchev–Trinajstić information content (AvgIpc) is 2.96. The van der Waals surface area contributed by atoms with E-state index in [2.05, 4.69) is 23.9 Å². The zero-order valence-corrected chi connectivity index (χ0v) is 11.3. The predicted molar refractivity (Wildman–Crippen MR) is 66.9 cm³/mol. The normalized spacial score (nSPS) is 19.0. The molecule has 96 valence electrons. The van der Waals surface area contributed by atoms with E-state index in [0.29, 0.717) is 25.0 Å². The molecule has 1 aliphatic rings. The molecule has 1 atom stereocenters. The van der Waals surface area contributed by atoms with Crippen LogP contribution in [0, 0.1) is 5.92 Å². The molecule has 1 aliphatic carbocycles. The molecule has 0 aromatic rings. The molecular weight excluding hydrogens is 224 g/mol. The quantitative estimate of drug-likeness (QED) is 0.676. The first-order valence-electron chi connectivity index (χ1n) is 6.13. The summed E-state index contributed by atoms with van der Waals surface area (Å²) in [6, 6.07) is 0.563. The number of hydrogen-bond donors (Lipinski definition) is 2. The third-order valence-corrected chi connectivity index (χ3v) is 4.66. The molecule has 2 N–H and O–H groups in total. The van der Waals surface area contributed by atoms with E-state index in [-0.39, 0.29) is 5.25 Å². The molecule has 1 saturated carbocycles. The van der Waals surface area contributed by atoms with Gasteiger partial charge in [-0.05, 0) is 32.1 Å². The van der Waals surface area contributed by atoms with Gasteiger partial charge in [-0.25, -0.2) is 13.1 Å². The lowest BCUT2D eigenvalue weighted by Gasteiger charge is -2.15. The molecule has 0 aliphatic heterocycles. The molecule has 0 bridgehead atoms. The van der Waals surface area contributed by atoms with Crippen LogP contribution < -0.4 is 10.0 Å². The summed E-state index contributed by atoms with van der Waals surface area (Å²) in [7, 11) is -3.14. The Bertz CT molecular complexity index is 297. The predicted octanol–water partition coefficient (Wildman–Crippen LogP) is 1.09. The Kier molecular flexibility index (Phi) is 5.21. The summed E-state index contributed by atoms with van der Waals surface area (Å²) in [4.78, 5) is 0. The van der Waals surface area contributed by atoms with E-state index in [1.54, 1.807) is 6.92 Å². The minimum Gasteiger partial charge on any atom is -0.313 e. The molecule has 1 fully saturated rings. The molecule has 5 heteroatoms. The Morgan fingerprint density at radius 1 is 1.25 bits per heavy atom. The average molecular weight is 248 g/mol. The van der Waals surface area contributed by atoms with Gasteiger partial charge in [0.2, 0.25) is 10.0 Å². The molecule has 0 aromatic heterocycles. The highest BCUT2D eigenvalue weighted by atomic mass is 32.2. The second-order valence-electron chi connectivity index (χ2n) is 5.12. The van der Waals surface area contributed by atoms with E-state index < -0.39 is 10.0 Å². The van der Waals surface area contributed by atoms with Gasteiger partial charge >= 0.3 is 0 Å². The minimum absolute atomic E-state index is 0.347. The highest BCUT2D eigenvalue weighted by molar-refractivity contribution is 7.90. The van der Waals surface area contributed by atoms with Crippen molar-refractivity contribution in [2.24, 2.45) is 5.92 Å². The summed E-state index contributed by atoms with van der Waals surface area (Å²) in [6.45, 7) is 7.04. The van der Waals surface area contributed by atoms with Gasteiger partial charge in [0.25, 0.3) is 0 Å². The second kappa shape index (κ2) is 5.98. The molecule has 0 spiro atoms. The van der Waals surface area contributed by atoms with E-state index in [9.17, 15) is 8.42 Å². The Morgan fingerprint density at radius 3 is 2.38 bits per heavy atom. The van der Waals surface area contributed by atoms with Gasteiger partial charge < -0.3 is 5.32 Å². The first-order chi connectivity index (χ1) is 7.42. The van der Waals surface area contributed by atoms with Gasteiger partial charge in [0.1, 0.15) is 0 Å². The van der Waals surface area contributed by atoms with Crippen LogP contribution in [0.5, 0.6) is 0 Å². The van der Waals surface area contributed by atoms with Crippen LogP contribution in [0.25, 0.3) is 0 Å². The number of nitrogens with one attached hydrogen (secondary N) is 2. The lowest BCUT2D eigenvalue weighted by Crippen LogP contribution is -2.40. The topological polar surface area (TPSA) is 58.2 Å². The first kappa shape index (κ1) is 13.9. The monoisotopic (exact) mass is 248 g/mol. The van der Waals surface area contributed by atoms with Crippen LogP contribution in [-0.4, -0.2) is 32.8 Å². The molecule has 4 nitrogen and oxygen atoms in total. The van der Waals surface area contributed by atoms with Crippen LogP contribution in [0.1, 0.15) is 40.0 Å². The van der Waals surface area contributed by atoms with Gasteiger partial charge in [-0.1, -0.05) is 13.8 Å². The van der Waals surface area contributed by atoms with Crippen molar-refractivity contribution in [3.8, 4) is 0 Å². The van der Waals surface area contributed by atoms with Crippen LogP contribution in [0.4, 0.5) is 0 Å². The van der Waals surface area contributed by atoms with Crippen molar-refractivity contribution in [3.05, 3.63) is 0 Å². The van der Waals surface area contributed by atoms with Gasteiger partial charge in [0.15, 0.2) is 0 Å². The summed E-state index contributed by atoms with van der Waals surface area (Å²) in [5.41, 5.74) is 0. The Labute approximate surface area is 99.2 Å². The van der Waals surface area contributed by atoms with Crippen molar-refractivity contribution in [1.29, 1.82) is 0 Å². The highest BCUT2D eigenvalue weighted by Crippen LogP contribution is 2.18. The van der Waals surface area contributed by atoms with Crippen LogP contribution in [0.2, 0.25) is 0 Å². The van der Waals surface area contributed by atoms with Crippen LogP contribution in [0.15, 0.2) is 0 Å². The van der Waals surface area contributed by atoms with E-state index in [4.69, 9.17) is 0 Å². The SMILES string of the molecule is CC(C)CCNS(=O)(=O)C(C)CNC1CC1. The maximum atomic E-state index is 11.8. The second-order valence-corrected chi connectivity index (χ2v) is 7.30. The summed E-state index contributed by atoms with van der Waals surface area (Å²) < 4.78 is 26.3.